The average Bonchev–Trinajstić information content (AvgIpc) is 2.82. The molecule has 0 fully saturated rings. The number of hydrogen-bond acceptors (Lipinski definition) is 4. The van der Waals surface area contributed by atoms with Crippen molar-refractivity contribution < 1.29 is 14.6 Å². The third-order valence-electron chi connectivity index (χ3n) is 5.90. The molecule has 0 aromatic heterocycles. The Kier molecular flexibility index (Phi) is 31.9. The SMILES string of the molecule is CC.CCCCCCCCC(CCCCCC)C(=O)OCCCCCCNCCCCO. The van der Waals surface area contributed by atoms with E-state index < -0.39 is 0 Å². The van der Waals surface area contributed by atoms with Gasteiger partial charge in [0.15, 0.2) is 0 Å². The Morgan fingerprint density at radius 2 is 1.16 bits per heavy atom. The fraction of sp³-hybridized carbons (Fsp3) is 0.964. The van der Waals surface area contributed by atoms with Crippen LogP contribution >= 0.6 is 0 Å². The number of esters is 1. The van der Waals surface area contributed by atoms with Gasteiger partial charge in [-0.25, -0.2) is 0 Å². The van der Waals surface area contributed by atoms with E-state index in [-0.39, 0.29) is 11.9 Å². The molecule has 0 rings (SSSR count). The smallest absolute Gasteiger partial charge is 0.308 e. The predicted molar refractivity (Wildman–Crippen MR) is 140 cm³/mol. The minimum Gasteiger partial charge on any atom is -0.465 e. The molecule has 0 aliphatic rings. The van der Waals surface area contributed by atoms with Crippen LogP contribution in [0.15, 0.2) is 0 Å². The average molecular weight is 458 g/mol. The van der Waals surface area contributed by atoms with Crippen molar-refractivity contribution in [3.05, 3.63) is 0 Å². The van der Waals surface area contributed by atoms with E-state index in [1.165, 1.54) is 70.6 Å². The van der Waals surface area contributed by atoms with Crippen molar-refractivity contribution in [1.29, 1.82) is 0 Å². The predicted octanol–water partition coefficient (Wildman–Crippen LogP) is 7.82. The zero-order valence-corrected chi connectivity index (χ0v) is 22.4. The minimum atomic E-state index is 0.0607. The number of rotatable bonds is 24. The highest BCUT2D eigenvalue weighted by atomic mass is 16.5. The van der Waals surface area contributed by atoms with Gasteiger partial charge < -0.3 is 15.2 Å². The van der Waals surface area contributed by atoms with Crippen LogP contribution in [0.1, 0.15) is 143 Å². The van der Waals surface area contributed by atoms with Gasteiger partial charge in [-0.3, -0.25) is 4.79 Å². The molecular formula is C28H59NO3. The van der Waals surface area contributed by atoms with Gasteiger partial charge in [0.2, 0.25) is 0 Å². The van der Waals surface area contributed by atoms with Gasteiger partial charge in [0.25, 0.3) is 0 Å². The molecule has 0 radical (unpaired) electrons. The van der Waals surface area contributed by atoms with E-state index in [1.54, 1.807) is 0 Å². The lowest BCUT2D eigenvalue weighted by molar-refractivity contribution is -0.149. The number of aliphatic hydroxyl groups excluding tert-OH is 1. The van der Waals surface area contributed by atoms with Crippen LogP contribution in [0.25, 0.3) is 0 Å². The summed E-state index contributed by atoms with van der Waals surface area (Å²) in [4.78, 5) is 12.6. The Morgan fingerprint density at radius 1 is 0.688 bits per heavy atom. The summed E-state index contributed by atoms with van der Waals surface area (Å²) >= 11 is 0. The second-order valence-electron chi connectivity index (χ2n) is 8.87. The lowest BCUT2D eigenvalue weighted by Crippen LogP contribution is -2.19. The van der Waals surface area contributed by atoms with E-state index in [2.05, 4.69) is 19.2 Å². The fourth-order valence-corrected chi connectivity index (χ4v) is 3.85. The van der Waals surface area contributed by atoms with Gasteiger partial charge in [-0.15, -0.1) is 0 Å². The van der Waals surface area contributed by atoms with Crippen LogP contribution < -0.4 is 5.32 Å². The molecule has 0 bridgehead atoms. The zero-order chi connectivity index (χ0) is 24.1. The first-order chi connectivity index (χ1) is 15.8. The second-order valence-corrected chi connectivity index (χ2v) is 8.87. The number of carbonyl (C=O) groups excluding carboxylic acids is 1. The van der Waals surface area contributed by atoms with Crippen molar-refractivity contribution in [3.63, 3.8) is 0 Å². The maximum atomic E-state index is 12.6. The number of hydrogen-bond donors (Lipinski definition) is 2. The largest absolute Gasteiger partial charge is 0.465 e. The van der Waals surface area contributed by atoms with E-state index in [9.17, 15) is 4.79 Å². The molecule has 1 unspecified atom stereocenters. The number of nitrogens with one attached hydrogen (secondary N) is 1. The maximum Gasteiger partial charge on any atom is 0.308 e. The summed E-state index contributed by atoms with van der Waals surface area (Å²) in [7, 11) is 0. The summed E-state index contributed by atoms with van der Waals surface area (Å²) in [5.41, 5.74) is 0. The number of ether oxygens (including phenoxy) is 1. The highest BCUT2D eigenvalue weighted by Gasteiger charge is 2.19. The lowest BCUT2D eigenvalue weighted by atomic mass is 9.94. The Balaban J connectivity index is 0. The Hall–Kier alpha value is -0.610. The van der Waals surface area contributed by atoms with Gasteiger partial charge in [-0.1, -0.05) is 105 Å². The van der Waals surface area contributed by atoms with Crippen LogP contribution in [0.3, 0.4) is 0 Å². The second kappa shape index (κ2) is 30.4. The third kappa shape index (κ3) is 25.6. The topological polar surface area (TPSA) is 58.6 Å². The molecule has 194 valence electrons. The molecule has 4 heteroatoms. The van der Waals surface area contributed by atoms with Crippen LogP contribution in [0.5, 0.6) is 0 Å². The molecule has 4 nitrogen and oxygen atoms in total. The van der Waals surface area contributed by atoms with Gasteiger partial charge in [0, 0.05) is 6.61 Å². The molecule has 0 aliphatic heterocycles. The van der Waals surface area contributed by atoms with E-state index in [1.807, 2.05) is 13.8 Å². The molecule has 0 saturated carbocycles. The van der Waals surface area contributed by atoms with Crippen molar-refractivity contribution in [2.75, 3.05) is 26.3 Å². The maximum absolute atomic E-state index is 12.6. The molecule has 0 saturated heterocycles. The van der Waals surface area contributed by atoms with Crippen molar-refractivity contribution in [2.24, 2.45) is 5.92 Å². The van der Waals surface area contributed by atoms with Gasteiger partial charge >= 0.3 is 5.97 Å². The number of carbonyl (C=O) groups is 1. The van der Waals surface area contributed by atoms with Crippen molar-refractivity contribution >= 4 is 5.97 Å². The van der Waals surface area contributed by atoms with Crippen molar-refractivity contribution in [1.82, 2.24) is 5.32 Å². The summed E-state index contributed by atoms with van der Waals surface area (Å²) in [6.45, 7) is 11.4. The van der Waals surface area contributed by atoms with Crippen molar-refractivity contribution in [2.45, 2.75) is 143 Å². The van der Waals surface area contributed by atoms with Crippen LogP contribution in [0.4, 0.5) is 0 Å². The Labute approximate surface area is 201 Å². The van der Waals surface area contributed by atoms with E-state index in [0.717, 1.165) is 58.0 Å². The summed E-state index contributed by atoms with van der Waals surface area (Å²) in [6, 6.07) is 0. The molecular weight excluding hydrogens is 398 g/mol. The number of unbranched alkanes of at least 4 members (excludes halogenated alkanes) is 12. The normalized spacial score (nSPS) is 11.7. The van der Waals surface area contributed by atoms with Gasteiger partial charge in [-0.05, 0) is 51.6 Å². The molecule has 0 spiro atoms. The monoisotopic (exact) mass is 457 g/mol. The molecule has 2 N–H and O–H groups in total. The van der Waals surface area contributed by atoms with E-state index in [0.29, 0.717) is 13.2 Å². The van der Waals surface area contributed by atoms with Crippen LogP contribution in [-0.4, -0.2) is 37.4 Å². The van der Waals surface area contributed by atoms with E-state index >= 15 is 0 Å². The Bertz CT molecular complexity index is 350. The molecule has 1 atom stereocenters. The first kappa shape index (κ1) is 33.6. The summed E-state index contributed by atoms with van der Waals surface area (Å²) in [5.74, 6) is 0.182. The summed E-state index contributed by atoms with van der Waals surface area (Å²) in [6.07, 6.45) is 21.0. The number of aliphatic hydroxyl groups is 1. The molecule has 0 aliphatic carbocycles. The summed E-state index contributed by atoms with van der Waals surface area (Å²) < 4.78 is 5.65. The molecule has 0 heterocycles. The van der Waals surface area contributed by atoms with Crippen LogP contribution in [-0.2, 0) is 9.53 Å². The molecule has 0 amide bonds. The Morgan fingerprint density at radius 3 is 1.75 bits per heavy atom. The van der Waals surface area contributed by atoms with E-state index in [4.69, 9.17) is 9.84 Å². The fourth-order valence-electron chi connectivity index (χ4n) is 3.85. The summed E-state index contributed by atoms with van der Waals surface area (Å²) in [5, 5.41) is 12.2. The molecule has 32 heavy (non-hydrogen) atoms. The first-order valence-electron chi connectivity index (χ1n) is 14.2. The van der Waals surface area contributed by atoms with Crippen molar-refractivity contribution in [3.8, 4) is 0 Å². The van der Waals surface area contributed by atoms with Crippen LogP contribution in [0, 0.1) is 5.92 Å². The highest BCUT2D eigenvalue weighted by Crippen LogP contribution is 2.20. The third-order valence-corrected chi connectivity index (χ3v) is 5.90. The first-order valence-corrected chi connectivity index (χ1v) is 14.2. The lowest BCUT2D eigenvalue weighted by Gasteiger charge is -2.16. The van der Waals surface area contributed by atoms with Gasteiger partial charge in [0.05, 0.1) is 12.5 Å². The highest BCUT2D eigenvalue weighted by molar-refractivity contribution is 5.72. The van der Waals surface area contributed by atoms with Crippen LogP contribution in [0.2, 0.25) is 0 Å². The molecule has 0 aromatic carbocycles. The minimum absolute atomic E-state index is 0.0607. The van der Waals surface area contributed by atoms with Gasteiger partial charge in [0.1, 0.15) is 0 Å². The quantitative estimate of drug-likeness (QED) is 0.115. The van der Waals surface area contributed by atoms with Gasteiger partial charge in [-0.2, -0.15) is 0 Å². The molecule has 0 aromatic rings. The standard InChI is InChI=1S/C26H53NO3.C2H6/c1-3-5-7-9-10-14-20-25(19-13-8-6-4-2)26(29)30-24-18-12-11-15-21-27-22-16-17-23-28;1-2/h25,27-28H,3-24H2,1-2H3;1-2H3. The zero-order valence-electron chi connectivity index (χ0n) is 22.4.